The molecule has 0 radical (unpaired) electrons. The number of fused-ring (bicyclic) bond motifs is 1. The van der Waals surface area contributed by atoms with E-state index in [0.717, 1.165) is 11.5 Å². The summed E-state index contributed by atoms with van der Waals surface area (Å²) in [6.45, 7) is 9.23. The molecule has 6 heteroatoms. The van der Waals surface area contributed by atoms with Gasteiger partial charge in [-0.15, -0.1) is 0 Å². The van der Waals surface area contributed by atoms with Crippen molar-refractivity contribution in [3.05, 3.63) is 58.4 Å². The largest absolute Gasteiger partial charge is 0.395 e. The fraction of sp³-hybridized carbons (Fsp3) is 0.429. The lowest BCUT2D eigenvalue weighted by Gasteiger charge is -2.29. The second-order valence-electron chi connectivity index (χ2n) is 7.19. The predicted octanol–water partition coefficient (Wildman–Crippen LogP) is 1.77. The average molecular weight is 368 g/mol. The summed E-state index contributed by atoms with van der Waals surface area (Å²) in [6, 6.07) is 6.62. The van der Waals surface area contributed by atoms with E-state index in [4.69, 9.17) is 10.1 Å². The third-order valence-corrected chi connectivity index (χ3v) is 5.29. The highest BCUT2D eigenvalue weighted by Crippen LogP contribution is 2.26. The van der Waals surface area contributed by atoms with Crippen molar-refractivity contribution in [3.63, 3.8) is 0 Å². The zero-order valence-corrected chi connectivity index (χ0v) is 16.4. The molecule has 144 valence electrons. The van der Waals surface area contributed by atoms with Crippen LogP contribution in [0.5, 0.6) is 0 Å². The molecule has 3 N–H and O–H groups in total. The quantitative estimate of drug-likeness (QED) is 0.715. The molecule has 27 heavy (non-hydrogen) atoms. The molecular formula is C21H28N4O2. The Bertz CT molecular complexity index is 805. The van der Waals surface area contributed by atoms with Gasteiger partial charge in [0.15, 0.2) is 5.84 Å². The van der Waals surface area contributed by atoms with Crippen molar-refractivity contribution < 1.29 is 9.90 Å². The van der Waals surface area contributed by atoms with E-state index in [1.54, 1.807) is 0 Å². The number of amides is 1. The van der Waals surface area contributed by atoms with Gasteiger partial charge in [-0.2, -0.15) is 0 Å². The number of aliphatic hydroxyl groups is 1. The van der Waals surface area contributed by atoms with Crippen LogP contribution < -0.4 is 10.6 Å². The molecule has 0 spiro atoms. The maximum Gasteiger partial charge on any atom is 0.252 e. The number of hydrogen-bond donors (Lipinski definition) is 3. The molecule has 0 saturated carbocycles. The van der Waals surface area contributed by atoms with Gasteiger partial charge >= 0.3 is 0 Å². The lowest BCUT2D eigenvalue weighted by molar-refractivity contribution is -0.117. The van der Waals surface area contributed by atoms with Crippen LogP contribution in [0.4, 0.5) is 0 Å². The Balaban J connectivity index is 1.86. The highest BCUT2D eigenvalue weighted by molar-refractivity contribution is 6.06. The molecule has 2 aliphatic heterocycles. The Morgan fingerprint density at radius 2 is 1.96 bits per heavy atom. The Morgan fingerprint density at radius 3 is 2.63 bits per heavy atom. The molecule has 2 atom stereocenters. The molecule has 3 rings (SSSR count). The number of carbonyl (C=O) groups is 1. The second-order valence-corrected chi connectivity index (χ2v) is 7.19. The van der Waals surface area contributed by atoms with Crippen LogP contribution in [-0.4, -0.2) is 47.0 Å². The fourth-order valence-electron chi connectivity index (χ4n) is 3.42. The number of benzene rings is 1. The minimum Gasteiger partial charge on any atom is -0.395 e. The Labute approximate surface area is 160 Å². The summed E-state index contributed by atoms with van der Waals surface area (Å²) in [5, 5.41) is 15.2. The average Bonchev–Trinajstić information content (AvgIpc) is 2.93. The van der Waals surface area contributed by atoms with Crippen LogP contribution in [0, 0.1) is 13.8 Å². The Kier molecular flexibility index (Phi) is 5.65. The second kappa shape index (κ2) is 7.96. The monoisotopic (exact) mass is 368 g/mol. The van der Waals surface area contributed by atoms with Gasteiger partial charge in [0.05, 0.1) is 30.0 Å². The number of aryl methyl sites for hydroxylation is 2. The maximum atomic E-state index is 12.4. The van der Waals surface area contributed by atoms with Gasteiger partial charge in [0.1, 0.15) is 0 Å². The number of rotatable bonds is 6. The van der Waals surface area contributed by atoms with Gasteiger partial charge in [-0.1, -0.05) is 18.2 Å². The summed E-state index contributed by atoms with van der Waals surface area (Å²) in [5.74, 6) is 0.682. The van der Waals surface area contributed by atoms with Crippen molar-refractivity contribution in [1.29, 1.82) is 0 Å². The van der Waals surface area contributed by atoms with Crippen LogP contribution in [0.3, 0.4) is 0 Å². The van der Waals surface area contributed by atoms with E-state index in [9.17, 15) is 4.79 Å². The minimum atomic E-state index is -0.193. The summed E-state index contributed by atoms with van der Waals surface area (Å²) >= 11 is 0. The number of nitrogens with zero attached hydrogens (tertiary/aromatic N) is 2. The number of nitrogens with one attached hydrogen (secondary N) is 2. The fourth-order valence-corrected chi connectivity index (χ4v) is 3.42. The van der Waals surface area contributed by atoms with Crippen LogP contribution in [0.25, 0.3) is 0 Å². The molecular weight excluding hydrogens is 340 g/mol. The molecule has 1 aromatic rings. The summed E-state index contributed by atoms with van der Waals surface area (Å²) in [5.41, 5.74) is 5.15. The first-order valence-electron chi connectivity index (χ1n) is 9.40. The normalized spacial score (nSPS) is 21.2. The van der Waals surface area contributed by atoms with Gasteiger partial charge in [0, 0.05) is 19.3 Å². The van der Waals surface area contributed by atoms with Gasteiger partial charge in [-0.3, -0.25) is 9.79 Å². The van der Waals surface area contributed by atoms with Crippen molar-refractivity contribution in [2.24, 2.45) is 4.99 Å². The predicted molar refractivity (Wildman–Crippen MR) is 107 cm³/mol. The molecule has 6 nitrogen and oxygen atoms in total. The number of amidine groups is 1. The smallest absolute Gasteiger partial charge is 0.252 e. The molecule has 0 fully saturated rings. The first-order chi connectivity index (χ1) is 12.9. The van der Waals surface area contributed by atoms with E-state index >= 15 is 0 Å². The molecule has 0 aliphatic carbocycles. The third kappa shape index (κ3) is 3.90. The SMILES string of the molecule is Cc1cccc(C)c1CNC1=CC(C(=O)NCCO)=CN2C1=NC(C)C2C. The van der Waals surface area contributed by atoms with Gasteiger partial charge in [0.25, 0.3) is 5.91 Å². The van der Waals surface area contributed by atoms with Crippen molar-refractivity contribution in [2.45, 2.75) is 46.3 Å². The lowest BCUT2D eigenvalue weighted by atomic mass is 10.0. The van der Waals surface area contributed by atoms with Crippen molar-refractivity contribution in [3.8, 4) is 0 Å². The first kappa shape index (κ1) is 19.2. The van der Waals surface area contributed by atoms with Crippen LogP contribution in [-0.2, 0) is 11.3 Å². The van der Waals surface area contributed by atoms with Crippen LogP contribution >= 0.6 is 0 Å². The number of carbonyl (C=O) groups excluding carboxylic acids is 1. The van der Waals surface area contributed by atoms with Gasteiger partial charge in [-0.25, -0.2) is 0 Å². The number of aliphatic hydroxyl groups excluding tert-OH is 1. The molecule has 0 bridgehead atoms. The summed E-state index contributed by atoms with van der Waals surface area (Å²) in [7, 11) is 0. The van der Waals surface area contributed by atoms with Gasteiger partial charge in [0.2, 0.25) is 0 Å². The standard InChI is InChI=1S/C21H28N4O2/c1-13-6-5-7-14(2)18(13)11-23-19-10-17(21(27)22-8-9-26)12-25-16(4)15(3)24-20(19)25/h5-7,10,12,15-16,23,26H,8-9,11H2,1-4H3,(H,22,27). The zero-order valence-electron chi connectivity index (χ0n) is 16.4. The summed E-state index contributed by atoms with van der Waals surface area (Å²) in [6.07, 6.45) is 3.70. The Morgan fingerprint density at radius 1 is 1.26 bits per heavy atom. The van der Waals surface area contributed by atoms with Gasteiger partial charge < -0.3 is 20.6 Å². The van der Waals surface area contributed by atoms with Gasteiger partial charge in [-0.05, 0) is 50.5 Å². The summed E-state index contributed by atoms with van der Waals surface area (Å²) < 4.78 is 0. The van der Waals surface area contributed by atoms with Crippen LogP contribution in [0.2, 0.25) is 0 Å². The van der Waals surface area contributed by atoms with Crippen molar-refractivity contribution >= 4 is 11.7 Å². The summed E-state index contributed by atoms with van der Waals surface area (Å²) in [4.78, 5) is 19.3. The third-order valence-electron chi connectivity index (χ3n) is 5.29. The topological polar surface area (TPSA) is 77.0 Å². The molecule has 1 aromatic carbocycles. The molecule has 2 heterocycles. The molecule has 0 saturated heterocycles. The zero-order chi connectivity index (χ0) is 19.6. The van der Waals surface area contributed by atoms with Crippen LogP contribution in [0.15, 0.2) is 46.7 Å². The molecule has 1 amide bonds. The van der Waals surface area contributed by atoms with Crippen molar-refractivity contribution in [2.75, 3.05) is 13.2 Å². The molecule has 2 aliphatic rings. The highest BCUT2D eigenvalue weighted by Gasteiger charge is 2.34. The van der Waals surface area contributed by atoms with E-state index in [2.05, 4.69) is 61.4 Å². The van der Waals surface area contributed by atoms with Crippen LogP contribution in [0.1, 0.15) is 30.5 Å². The highest BCUT2D eigenvalue weighted by atomic mass is 16.3. The van der Waals surface area contributed by atoms with E-state index < -0.39 is 0 Å². The Hall–Kier alpha value is -2.60. The lowest BCUT2D eigenvalue weighted by Crippen LogP contribution is -2.40. The number of hydrogen-bond acceptors (Lipinski definition) is 5. The van der Waals surface area contributed by atoms with E-state index in [-0.39, 0.29) is 31.1 Å². The van der Waals surface area contributed by atoms with E-state index in [0.29, 0.717) is 12.1 Å². The van der Waals surface area contributed by atoms with Crippen molar-refractivity contribution in [1.82, 2.24) is 15.5 Å². The maximum absolute atomic E-state index is 12.4. The number of aliphatic imine (C=N–C) groups is 1. The first-order valence-corrected chi connectivity index (χ1v) is 9.40. The van der Waals surface area contributed by atoms with E-state index in [1.165, 1.54) is 16.7 Å². The minimum absolute atomic E-state index is 0.0791. The van der Waals surface area contributed by atoms with E-state index in [1.807, 2.05) is 12.3 Å². The molecule has 0 aromatic heterocycles. The molecule has 2 unspecified atom stereocenters.